The van der Waals surface area contributed by atoms with E-state index in [9.17, 15) is 10.2 Å². The second-order valence-corrected chi connectivity index (χ2v) is 5.39. The molecule has 4 heteroatoms. The molecule has 0 unspecified atom stereocenters. The Kier molecular flexibility index (Phi) is 6.42. The maximum absolute atomic E-state index is 9.49. The van der Waals surface area contributed by atoms with Gasteiger partial charge in [0.05, 0.1) is 12.2 Å². The van der Waals surface area contributed by atoms with Gasteiger partial charge in [0.2, 0.25) is 0 Å². The lowest BCUT2D eigenvalue weighted by atomic mass is 10.1. The van der Waals surface area contributed by atoms with E-state index in [4.69, 9.17) is 4.74 Å². The lowest BCUT2D eigenvalue weighted by Gasteiger charge is -2.23. The van der Waals surface area contributed by atoms with E-state index in [-0.39, 0.29) is 11.4 Å². The van der Waals surface area contributed by atoms with Crippen LogP contribution in [-0.2, 0) is 4.74 Å². The Balaban J connectivity index is 4.56. The fourth-order valence-corrected chi connectivity index (χ4v) is 1.01. The van der Waals surface area contributed by atoms with Gasteiger partial charge in [0.25, 0.3) is 0 Å². The zero-order valence-corrected chi connectivity index (χ0v) is 11.5. The number of thiol groups is 1. The highest BCUT2D eigenvalue weighted by atomic mass is 32.1. The van der Waals surface area contributed by atoms with Crippen LogP contribution in [0.1, 0.15) is 34.6 Å². The first-order chi connectivity index (χ1) is 7.13. The van der Waals surface area contributed by atoms with Crippen molar-refractivity contribution in [3.8, 4) is 11.8 Å². The van der Waals surface area contributed by atoms with Gasteiger partial charge in [0, 0.05) is 5.25 Å². The number of hydrogen-bond donors (Lipinski definition) is 3. The largest absolute Gasteiger partial charge is 0.391 e. The lowest BCUT2D eigenvalue weighted by molar-refractivity contribution is -0.0398. The maximum atomic E-state index is 9.49. The summed E-state index contributed by atoms with van der Waals surface area (Å²) in [6, 6.07) is 0. The Morgan fingerprint density at radius 3 is 2.06 bits per heavy atom. The first-order valence-electron chi connectivity index (χ1n) is 5.40. The molecule has 0 saturated heterocycles. The highest BCUT2D eigenvalue weighted by molar-refractivity contribution is 7.81. The molecule has 0 bridgehead atoms. The Bertz CT molecular complexity index is 258. The van der Waals surface area contributed by atoms with Gasteiger partial charge in [-0.3, -0.25) is 0 Å². The summed E-state index contributed by atoms with van der Waals surface area (Å²) in [5.41, 5.74) is -1.04. The normalized spacial score (nSPS) is 19.2. The monoisotopic (exact) mass is 246 g/mol. The Hall–Kier alpha value is -0.210. The van der Waals surface area contributed by atoms with Crippen molar-refractivity contribution in [3.63, 3.8) is 0 Å². The third-order valence-electron chi connectivity index (χ3n) is 2.00. The molecule has 0 heterocycles. The molecule has 4 atom stereocenters. The van der Waals surface area contributed by atoms with Crippen molar-refractivity contribution in [1.29, 1.82) is 0 Å². The number of aliphatic hydroxyl groups excluding tert-OH is 1. The number of ether oxygens (including phenoxy) is 1. The molecule has 3 nitrogen and oxygen atoms in total. The van der Waals surface area contributed by atoms with Crippen molar-refractivity contribution in [2.45, 2.75) is 63.8 Å². The van der Waals surface area contributed by atoms with Gasteiger partial charge in [0.15, 0.2) is 0 Å². The molecule has 0 aliphatic carbocycles. The van der Waals surface area contributed by atoms with Crippen molar-refractivity contribution in [2.75, 3.05) is 0 Å². The first kappa shape index (κ1) is 15.8. The molecule has 16 heavy (non-hydrogen) atoms. The van der Waals surface area contributed by atoms with E-state index < -0.39 is 17.8 Å². The van der Waals surface area contributed by atoms with E-state index in [0.29, 0.717) is 0 Å². The Labute approximate surface area is 104 Å². The minimum absolute atomic E-state index is 0.0870. The molecule has 0 saturated carbocycles. The Morgan fingerprint density at radius 1 is 1.25 bits per heavy atom. The molecular formula is C12H22O3S. The lowest BCUT2D eigenvalue weighted by Crippen LogP contribution is -2.32. The van der Waals surface area contributed by atoms with Crippen LogP contribution in [0.4, 0.5) is 0 Å². The average Bonchev–Trinajstić information content (AvgIpc) is 2.09. The number of rotatable bonds is 4. The van der Waals surface area contributed by atoms with Crippen LogP contribution >= 0.6 is 12.6 Å². The quantitative estimate of drug-likeness (QED) is 0.516. The van der Waals surface area contributed by atoms with E-state index in [1.54, 1.807) is 27.7 Å². The second-order valence-electron chi connectivity index (χ2n) is 4.57. The smallest absolute Gasteiger partial charge is 0.130 e. The van der Waals surface area contributed by atoms with Crippen LogP contribution in [0.15, 0.2) is 0 Å². The minimum Gasteiger partial charge on any atom is -0.391 e. The van der Waals surface area contributed by atoms with Crippen molar-refractivity contribution in [2.24, 2.45) is 0 Å². The third kappa shape index (κ3) is 7.13. The molecule has 0 amide bonds. The van der Waals surface area contributed by atoms with E-state index in [0.717, 1.165) is 0 Å². The molecule has 0 aliphatic rings. The van der Waals surface area contributed by atoms with Gasteiger partial charge in [0.1, 0.15) is 11.7 Å². The van der Waals surface area contributed by atoms with Crippen LogP contribution in [-0.4, -0.2) is 39.4 Å². The van der Waals surface area contributed by atoms with Crippen molar-refractivity contribution < 1.29 is 14.9 Å². The Morgan fingerprint density at radius 2 is 1.75 bits per heavy atom. The predicted octanol–water partition coefficient (Wildman–Crippen LogP) is 1.23. The molecule has 0 aromatic rings. The summed E-state index contributed by atoms with van der Waals surface area (Å²) in [5.74, 6) is 5.53. The standard InChI is InChI=1S/C12H22O3S/c1-8(13)9(2)15-11(10(3)16)6-7-12(4,5)14/h8-11,13-14,16H,1-5H3/t8-,9-,10+,11-/m0/s1. The summed E-state index contributed by atoms with van der Waals surface area (Å²) >= 11 is 4.28. The van der Waals surface area contributed by atoms with Gasteiger partial charge in [-0.15, -0.1) is 0 Å². The number of hydrogen-bond acceptors (Lipinski definition) is 4. The second kappa shape index (κ2) is 6.51. The fraction of sp³-hybridized carbons (Fsp3) is 0.833. The molecule has 0 spiro atoms. The van der Waals surface area contributed by atoms with Crippen molar-refractivity contribution in [1.82, 2.24) is 0 Å². The molecule has 2 N–H and O–H groups in total. The molecule has 0 fully saturated rings. The summed E-state index contributed by atoms with van der Waals surface area (Å²) in [6.07, 6.45) is -1.27. The third-order valence-corrected chi connectivity index (χ3v) is 2.27. The van der Waals surface area contributed by atoms with Crippen LogP contribution in [0.3, 0.4) is 0 Å². The van der Waals surface area contributed by atoms with Crippen LogP contribution < -0.4 is 0 Å². The highest BCUT2D eigenvalue weighted by Crippen LogP contribution is 2.11. The topological polar surface area (TPSA) is 49.7 Å². The summed E-state index contributed by atoms with van der Waals surface area (Å²) in [4.78, 5) is 0. The van der Waals surface area contributed by atoms with E-state index >= 15 is 0 Å². The first-order valence-corrected chi connectivity index (χ1v) is 5.92. The van der Waals surface area contributed by atoms with Crippen LogP contribution in [0.5, 0.6) is 0 Å². The maximum Gasteiger partial charge on any atom is 0.130 e. The average molecular weight is 246 g/mol. The number of aliphatic hydroxyl groups is 2. The van der Waals surface area contributed by atoms with Gasteiger partial charge in [-0.2, -0.15) is 12.6 Å². The van der Waals surface area contributed by atoms with Gasteiger partial charge in [-0.05, 0) is 27.7 Å². The molecule has 94 valence electrons. The van der Waals surface area contributed by atoms with Gasteiger partial charge in [-0.1, -0.05) is 18.8 Å². The highest BCUT2D eigenvalue weighted by Gasteiger charge is 2.19. The van der Waals surface area contributed by atoms with Gasteiger partial charge < -0.3 is 14.9 Å². The minimum atomic E-state index is -1.04. The van der Waals surface area contributed by atoms with Crippen LogP contribution in [0.2, 0.25) is 0 Å². The van der Waals surface area contributed by atoms with Gasteiger partial charge in [-0.25, -0.2) is 0 Å². The summed E-state index contributed by atoms with van der Waals surface area (Å²) in [7, 11) is 0. The van der Waals surface area contributed by atoms with Crippen LogP contribution in [0, 0.1) is 11.8 Å². The molecular weight excluding hydrogens is 224 g/mol. The predicted molar refractivity (Wildman–Crippen MR) is 68.5 cm³/mol. The molecule has 0 rings (SSSR count). The van der Waals surface area contributed by atoms with Crippen LogP contribution in [0.25, 0.3) is 0 Å². The molecule has 0 aromatic carbocycles. The summed E-state index contributed by atoms with van der Waals surface area (Å²) < 4.78 is 5.56. The SMILES string of the molecule is C[C@H](O)[C@H](C)O[C@@H](C#CC(C)(C)O)[C@@H](C)S. The zero-order chi connectivity index (χ0) is 12.9. The molecule has 0 radical (unpaired) electrons. The van der Waals surface area contributed by atoms with Gasteiger partial charge >= 0.3 is 0 Å². The van der Waals surface area contributed by atoms with E-state index in [1.807, 2.05) is 6.92 Å². The fourth-order valence-electron chi connectivity index (χ4n) is 0.861. The van der Waals surface area contributed by atoms with Crippen molar-refractivity contribution in [3.05, 3.63) is 0 Å². The summed E-state index contributed by atoms with van der Waals surface area (Å²) in [5, 5.41) is 18.7. The molecule has 0 aliphatic heterocycles. The summed E-state index contributed by atoms with van der Waals surface area (Å²) in [6.45, 7) is 8.52. The van der Waals surface area contributed by atoms with E-state index in [1.165, 1.54) is 0 Å². The zero-order valence-electron chi connectivity index (χ0n) is 10.6. The molecule has 0 aromatic heterocycles. The van der Waals surface area contributed by atoms with Crippen molar-refractivity contribution >= 4 is 12.6 Å². The van der Waals surface area contributed by atoms with E-state index in [2.05, 4.69) is 24.5 Å².